The lowest BCUT2D eigenvalue weighted by Gasteiger charge is -2.19. The van der Waals surface area contributed by atoms with Gasteiger partial charge in [-0.3, -0.25) is 9.59 Å². The summed E-state index contributed by atoms with van der Waals surface area (Å²) in [7, 11) is 0. The Bertz CT molecular complexity index is 514. The van der Waals surface area contributed by atoms with Crippen LogP contribution in [0.1, 0.15) is 25.8 Å². The van der Waals surface area contributed by atoms with Crippen LogP contribution in [0.3, 0.4) is 0 Å². The Kier molecular flexibility index (Phi) is 7.75. The van der Waals surface area contributed by atoms with Crippen LogP contribution in [-0.4, -0.2) is 36.5 Å². The van der Waals surface area contributed by atoms with Gasteiger partial charge in [0.15, 0.2) is 0 Å². The number of halogens is 1. The number of carbonyl (C=O) groups is 2. The lowest BCUT2D eigenvalue weighted by molar-refractivity contribution is -0.147. The monoisotopic (exact) mass is 353 g/mol. The van der Waals surface area contributed by atoms with Crippen LogP contribution in [0, 0.1) is 0 Å². The molecule has 0 fully saturated rings. The van der Waals surface area contributed by atoms with Gasteiger partial charge in [0.25, 0.3) is 0 Å². The highest BCUT2D eigenvalue weighted by Gasteiger charge is 2.14. The van der Waals surface area contributed by atoms with Crippen LogP contribution in [0.4, 0.5) is 0 Å². The molecule has 0 saturated carbocycles. The van der Waals surface area contributed by atoms with E-state index in [1.807, 2.05) is 31.2 Å². The molecule has 0 aromatic heterocycles. The molecule has 0 aliphatic carbocycles. The summed E-state index contributed by atoms with van der Waals surface area (Å²) in [4.78, 5) is 25.1. The van der Waals surface area contributed by atoms with Gasteiger partial charge in [-0.1, -0.05) is 35.0 Å². The molecule has 0 aliphatic heterocycles. The SMILES string of the molecule is CCCN(CC(=O)OCC)C(=O)/C=C/c1cccc(Br)c1. The zero-order chi connectivity index (χ0) is 15.7. The number of benzene rings is 1. The number of rotatable bonds is 7. The van der Waals surface area contributed by atoms with E-state index in [0.717, 1.165) is 16.5 Å². The topological polar surface area (TPSA) is 46.6 Å². The molecule has 0 N–H and O–H groups in total. The molecule has 21 heavy (non-hydrogen) atoms. The maximum atomic E-state index is 12.2. The second-order valence-corrected chi connectivity index (χ2v) is 5.37. The van der Waals surface area contributed by atoms with Crippen molar-refractivity contribution >= 4 is 33.9 Å². The second-order valence-electron chi connectivity index (χ2n) is 4.45. The summed E-state index contributed by atoms with van der Waals surface area (Å²) in [6.07, 6.45) is 4.01. The molecule has 5 heteroatoms. The highest BCUT2D eigenvalue weighted by atomic mass is 79.9. The van der Waals surface area contributed by atoms with Crippen LogP contribution in [-0.2, 0) is 14.3 Å². The van der Waals surface area contributed by atoms with Crippen molar-refractivity contribution < 1.29 is 14.3 Å². The first-order valence-corrected chi connectivity index (χ1v) is 7.74. The molecule has 0 aliphatic rings. The van der Waals surface area contributed by atoms with E-state index in [4.69, 9.17) is 4.74 Å². The Hall–Kier alpha value is -1.62. The Labute approximate surface area is 133 Å². The molecule has 1 amide bonds. The Balaban J connectivity index is 2.70. The van der Waals surface area contributed by atoms with Crippen LogP contribution in [0.2, 0.25) is 0 Å². The highest BCUT2D eigenvalue weighted by molar-refractivity contribution is 9.10. The predicted octanol–water partition coefficient (Wildman–Crippen LogP) is 3.26. The van der Waals surface area contributed by atoms with Crippen molar-refractivity contribution in [3.63, 3.8) is 0 Å². The van der Waals surface area contributed by atoms with Crippen molar-refractivity contribution in [1.29, 1.82) is 0 Å². The van der Waals surface area contributed by atoms with Crippen molar-refractivity contribution in [2.24, 2.45) is 0 Å². The van der Waals surface area contributed by atoms with E-state index >= 15 is 0 Å². The van der Waals surface area contributed by atoms with Crippen LogP contribution in [0.15, 0.2) is 34.8 Å². The highest BCUT2D eigenvalue weighted by Crippen LogP contribution is 2.12. The van der Waals surface area contributed by atoms with Gasteiger partial charge in [-0.25, -0.2) is 0 Å². The molecule has 0 atom stereocenters. The molecule has 0 spiro atoms. The third kappa shape index (κ3) is 6.58. The number of esters is 1. The molecule has 0 saturated heterocycles. The Morgan fingerprint density at radius 1 is 1.33 bits per heavy atom. The van der Waals surface area contributed by atoms with Gasteiger partial charge in [0, 0.05) is 17.1 Å². The van der Waals surface area contributed by atoms with Gasteiger partial charge in [-0.2, -0.15) is 0 Å². The van der Waals surface area contributed by atoms with E-state index in [1.54, 1.807) is 13.0 Å². The maximum absolute atomic E-state index is 12.2. The fourth-order valence-corrected chi connectivity index (χ4v) is 2.20. The zero-order valence-corrected chi connectivity index (χ0v) is 13.9. The molecule has 1 aromatic carbocycles. The fourth-order valence-electron chi connectivity index (χ4n) is 1.78. The predicted molar refractivity (Wildman–Crippen MR) is 86.7 cm³/mol. The largest absolute Gasteiger partial charge is 0.465 e. The van der Waals surface area contributed by atoms with Crippen LogP contribution < -0.4 is 0 Å². The molecule has 4 nitrogen and oxygen atoms in total. The first-order chi connectivity index (χ1) is 10.1. The summed E-state index contributed by atoms with van der Waals surface area (Å²) >= 11 is 3.38. The third-order valence-electron chi connectivity index (χ3n) is 2.70. The van der Waals surface area contributed by atoms with Crippen molar-refractivity contribution in [2.75, 3.05) is 19.7 Å². The molecule has 1 rings (SSSR count). The average molecular weight is 354 g/mol. The number of amides is 1. The van der Waals surface area contributed by atoms with Crippen molar-refractivity contribution in [3.05, 3.63) is 40.4 Å². The van der Waals surface area contributed by atoms with E-state index < -0.39 is 0 Å². The molecule has 0 radical (unpaired) electrons. The molecule has 1 aromatic rings. The molecule has 0 unspecified atom stereocenters. The number of hydrogen-bond acceptors (Lipinski definition) is 3. The molecular formula is C16H20BrNO3. The minimum atomic E-state index is -0.379. The standard InChI is InChI=1S/C16H20BrNO3/c1-3-10-18(12-16(20)21-4-2)15(19)9-8-13-6-5-7-14(17)11-13/h5-9,11H,3-4,10,12H2,1-2H3/b9-8+. The van der Waals surface area contributed by atoms with E-state index in [-0.39, 0.29) is 18.4 Å². The summed E-state index contributed by atoms with van der Waals surface area (Å²) < 4.78 is 5.84. The molecule has 0 bridgehead atoms. The van der Waals surface area contributed by atoms with E-state index in [0.29, 0.717) is 13.2 Å². The lowest BCUT2D eigenvalue weighted by atomic mass is 10.2. The number of nitrogens with zero attached hydrogens (tertiary/aromatic N) is 1. The maximum Gasteiger partial charge on any atom is 0.325 e. The molecular weight excluding hydrogens is 334 g/mol. The van der Waals surface area contributed by atoms with Crippen LogP contribution in [0.5, 0.6) is 0 Å². The van der Waals surface area contributed by atoms with Gasteiger partial charge in [-0.15, -0.1) is 0 Å². The second kappa shape index (κ2) is 9.34. The summed E-state index contributed by atoms with van der Waals surface area (Å²) in [5.74, 6) is -0.569. The minimum Gasteiger partial charge on any atom is -0.465 e. The van der Waals surface area contributed by atoms with E-state index in [1.165, 1.54) is 11.0 Å². The number of ether oxygens (including phenoxy) is 1. The zero-order valence-electron chi connectivity index (χ0n) is 12.3. The normalized spacial score (nSPS) is 10.6. The number of carbonyl (C=O) groups excluding carboxylic acids is 2. The Morgan fingerprint density at radius 2 is 2.10 bits per heavy atom. The van der Waals surface area contributed by atoms with Gasteiger partial charge >= 0.3 is 5.97 Å². The summed E-state index contributed by atoms with van der Waals surface area (Å²) in [5, 5.41) is 0. The minimum absolute atomic E-state index is 0.0106. The van der Waals surface area contributed by atoms with Gasteiger partial charge in [0.2, 0.25) is 5.91 Å². The van der Waals surface area contributed by atoms with Gasteiger partial charge in [0.1, 0.15) is 6.54 Å². The summed E-state index contributed by atoms with van der Waals surface area (Å²) in [5.41, 5.74) is 0.922. The van der Waals surface area contributed by atoms with Gasteiger partial charge < -0.3 is 9.64 Å². The van der Waals surface area contributed by atoms with Gasteiger partial charge in [-0.05, 0) is 37.1 Å². The third-order valence-corrected chi connectivity index (χ3v) is 3.19. The smallest absolute Gasteiger partial charge is 0.325 e. The first kappa shape index (κ1) is 17.4. The van der Waals surface area contributed by atoms with E-state index in [2.05, 4.69) is 15.9 Å². The van der Waals surface area contributed by atoms with Crippen molar-refractivity contribution in [2.45, 2.75) is 20.3 Å². The van der Waals surface area contributed by atoms with Crippen LogP contribution >= 0.6 is 15.9 Å². The molecule has 114 valence electrons. The summed E-state index contributed by atoms with van der Waals surface area (Å²) in [6.45, 7) is 4.55. The van der Waals surface area contributed by atoms with Crippen molar-refractivity contribution in [1.82, 2.24) is 4.90 Å². The van der Waals surface area contributed by atoms with Crippen LogP contribution in [0.25, 0.3) is 6.08 Å². The quantitative estimate of drug-likeness (QED) is 0.558. The Morgan fingerprint density at radius 3 is 2.71 bits per heavy atom. The van der Waals surface area contributed by atoms with E-state index in [9.17, 15) is 9.59 Å². The summed E-state index contributed by atoms with van der Waals surface area (Å²) in [6, 6.07) is 7.64. The fraction of sp³-hybridized carbons (Fsp3) is 0.375. The lowest BCUT2D eigenvalue weighted by Crippen LogP contribution is -2.36. The molecule has 0 heterocycles. The van der Waals surface area contributed by atoms with Gasteiger partial charge in [0.05, 0.1) is 6.61 Å². The number of hydrogen-bond donors (Lipinski definition) is 0. The average Bonchev–Trinajstić information content (AvgIpc) is 2.44. The first-order valence-electron chi connectivity index (χ1n) is 6.95. The van der Waals surface area contributed by atoms with Crippen molar-refractivity contribution in [3.8, 4) is 0 Å².